The Labute approximate surface area is 160 Å². The van der Waals surface area contributed by atoms with E-state index in [1.54, 1.807) is 0 Å². The highest BCUT2D eigenvalue weighted by molar-refractivity contribution is 5.94. The summed E-state index contributed by atoms with van der Waals surface area (Å²) in [7, 11) is 0. The molecule has 0 fully saturated rings. The molecule has 0 spiro atoms. The molecule has 0 saturated heterocycles. The minimum Gasteiger partial charge on any atom is -0.488 e. The number of hydrogen-bond acceptors (Lipinski definition) is 2. The van der Waals surface area contributed by atoms with E-state index in [9.17, 15) is 0 Å². The van der Waals surface area contributed by atoms with Crippen molar-refractivity contribution in [2.24, 2.45) is 0 Å². The third kappa shape index (κ3) is 3.95. The number of ether oxygens (including phenoxy) is 2. The van der Waals surface area contributed by atoms with Gasteiger partial charge in [0.2, 0.25) is 0 Å². The largest absolute Gasteiger partial charge is 0.488 e. The van der Waals surface area contributed by atoms with Crippen molar-refractivity contribution in [3.05, 3.63) is 108 Å². The van der Waals surface area contributed by atoms with Crippen molar-refractivity contribution in [1.29, 1.82) is 0 Å². The van der Waals surface area contributed by atoms with E-state index in [4.69, 9.17) is 9.47 Å². The van der Waals surface area contributed by atoms with E-state index in [0.29, 0.717) is 13.2 Å². The topological polar surface area (TPSA) is 18.5 Å². The van der Waals surface area contributed by atoms with E-state index in [0.717, 1.165) is 39.0 Å². The van der Waals surface area contributed by atoms with Crippen molar-refractivity contribution < 1.29 is 9.47 Å². The Hall–Kier alpha value is -3.26. The van der Waals surface area contributed by atoms with Crippen LogP contribution in [0.3, 0.4) is 0 Å². The van der Waals surface area contributed by atoms with Crippen LogP contribution >= 0.6 is 0 Å². The molecule has 4 rings (SSSR count). The molecule has 0 heterocycles. The first-order chi connectivity index (χ1) is 13.3. The SMILES string of the molecule is Cc1ccc2cccc(OCc3ccccc3)c2c1OCc1ccccc1. The Morgan fingerprint density at radius 3 is 1.89 bits per heavy atom. The van der Waals surface area contributed by atoms with Gasteiger partial charge < -0.3 is 9.47 Å². The van der Waals surface area contributed by atoms with Gasteiger partial charge in [0.25, 0.3) is 0 Å². The lowest BCUT2D eigenvalue weighted by atomic mass is 10.0. The molecule has 27 heavy (non-hydrogen) atoms. The molecule has 0 atom stereocenters. The van der Waals surface area contributed by atoms with Gasteiger partial charge in [-0.15, -0.1) is 0 Å². The maximum absolute atomic E-state index is 6.25. The van der Waals surface area contributed by atoms with E-state index in [-0.39, 0.29) is 0 Å². The molecule has 0 radical (unpaired) electrons. The highest BCUT2D eigenvalue weighted by Gasteiger charge is 2.12. The number of benzene rings is 4. The van der Waals surface area contributed by atoms with Gasteiger partial charge in [0.15, 0.2) is 0 Å². The molecule has 2 nitrogen and oxygen atoms in total. The second-order valence-corrected chi connectivity index (χ2v) is 6.61. The third-order valence-corrected chi connectivity index (χ3v) is 4.62. The fraction of sp³-hybridized carbons (Fsp3) is 0.120. The van der Waals surface area contributed by atoms with Crippen LogP contribution < -0.4 is 9.47 Å². The summed E-state index contributed by atoms with van der Waals surface area (Å²) in [4.78, 5) is 0. The first kappa shape index (κ1) is 17.2. The summed E-state index contributed by atoms with van der Waals surface area (Å²) in [6.07, 6.45) is 0. The quantitative estimate of drug-likeness (QED) is 0.404. The van der Waals surface area contributed by atoms with Gasteiger partial charge in [0.1, 0.15) is 24.7 Å². The molecule has 0 saturated carbocycles. The second kappa shape index (κ2) is 7.96. The standard InChI is InChI=1S/C25H22O2/c1-19-15-16-22-13-8-14-23(26-17-20-9-4-2-5-10-20)24(22)25(19)27-18-21-11-6-3-7-12-21/h2-16H,17-18H2,1H3. The van der Waals surface area contributed by atoms with Gasteiger partial charge in [0, 0.05) is 0 Å². The van der Waals surface area contributed by atoms with Crippen LogP contribution in [0.2, 0.25) is 0 Å². The van der Waals surface area contributed by atoms with E-state index < -0.39 is 0 Å². The summed E-state index contributed by atoms with van der Waals surface area (Å²) >= 11 is 0. The molecule has 0 aliphatic heterocycles. The monoisotopic (exact) mass is 354 g/mol. The van der Waals surface area contributed by atoms with E-state index in [2.05, 4.69) is 49.4 Å². The van der Waals surface area contributed by atoms with Crippen molar-refractivity contribution >= 4 is 10.8 Å². The summed E-state index contributed by atoms with van der Waals surface area (Å²) in [6.45, 7) is 3.15. The third-order valence-electron chi connectivity index (χ3n) is 4.62. The minimum atomic E-state index is 0.534. The summed E-state index contributed by atoms with van der Waals surface area (Å²) in [5.74, 6) is 1.74. The number of fused-ring (bicyclic) bond motifs is 1. The van der Waals surface area contributed by atoms with Gasteiger partial charge in [0.05, 0.1) is 5.39 Å². The Morgan fingerprint density at radius 1 is 0.593 bits per heavy atom. The molecule has 2 heteroatoms. The predicted octanol–water partition coefficient (Wildman–Crippen LogP) is 6.31. The molecule has 0 amide bonds. The molecule has 0 N–H and O–H groups in total. The molecule has 4 aromatic carbocycles. The van der Waals surface area contributed by atoms with Gasteiger partial charge in [-0.05, 0) is 35.1 Å². The molecule has 134 valence electrons. The van der Waals surface area contributed by atoms with Crippen molar-refractivity contribution in [2.75, 3.05) is 0 Å². The highest BCUT2D eigenvalue weighted by Crippen LogP contribution is 2.37. The molecule has 0 aliphatic carbocycles. The fourth-order valence-corrected chi connectivity index (χ4v) is 3.19. The smallest absolute Gasteiger partial charge is 0.134 e. The Bertz CT molecular complexity index is 1020. The first-order valence-corrected chi connectivity index (χ1v) is 9.17. The summed E-state index contributed by atoms with van der Waals surface area (Å²) < 4.78 is 12.4. The van der Waals surface area contributed by atoms with Gasteiger partial charge in [-0.2, -0.15) is 0 Å². The zero-order valence-corrected chi connectivity index (χ0v) is 15.4. The van der Waals surface area contributed by atoms with E-state index in [1.165, 1.54) is 0 Å². The molecule has 0 bridgehead atoms. The lowest BCUT2D eigenvalue weighted by molar-refractivity contribution is 0.297. The van der Waals surface area contributed by atoms with Crippen LogP contribution in [0.5, 0.6) is 11.5 Å². The van der Waals surface area contributed by atoms with Crippen LogP contribution in [0, 0.1) is 6.92 Å². The maximum atomic E-state index is 6.25. The van der Waals surface area contributed by atoms with Gasteiger partial charge in [-0.25, -0.2) is 0 Å². The Kier molecular flexibility index (Phi) is 5.06. The minimum absolute atomic E-state index is 0.534. The van der Waals surface area contributed by atoms with Crippen LogP contribution in [0.4, 0.5) is 0 Å². The van der Waals surface area contributed by atoms with Crippen molar-refractivity contribution in [1.82, 2.24) is 0 Å². The van der Waals surface area contributed by atoms with Crippen LogP contribution in [0.15, 0.2) is 91.0 Å². The maximum Gasteiger partial charge on any atom is 0.134 e. The number of aryl methyl sites for hydroxylation is 1. The molecule has 4 aromatic rings. The van der Waals surface area contributed by atoms with E-state index >= 15 is 0 Å². The average molecular weight is 354 g/mol. The average Bonchev–Trinajstić information content (AvgIpc) is 2.73. The predicted molar refractivity (Wildman–Crippen MR) is 110 cm³/mol. The molecular formula is C25H22O2. The van der Waals surface area contributed by atoms with Crippen LogP contribution in [0.25, 0.3) is 10.8 Å². The van der Waals surface area contributed by atoms with Gasteiger partial charge in [-0.1, -0.05) is 84.9 Å². The second-order valence-electron chi connectivity index (χ2n) is 6.61. The summed E-state index contributed by atoms with van der Waals surface area (Å²) in [6, 6.07) is 30.8. The van der Waals surface area contributed by atoms with Crippen LogP contribution in [-0.2, 0) is 13.2 Å². The number of rotatable bonds is 6. The first-order valence-electron chi connectivity index (χ1n) is 9.17. The van der Waals surface area contributed by atoms with Gasteiger partial charge in [-0.3, -0.25) is 0 Å². The highest BCUT2D eigenvalue weighted by atomic mass is 16.5. The molecule has 0 aliphatic rings. The van der Waals surface area contributed by atoms with E-state index in [1.807, 2.05) is 48.5 Å². The number of hydrogen-bond donors (Lipinski definition) is 0. The van der Waals surface area contributed by atoms with Crippen LogP contribution in [-0.4, -0.2) is 0 Å². The van der Waals surface area contributed by atoms with Crippen molar-refractivity contribution in [2.45, 2.75) is 20.1 Å². The summed E-state index contributed by atoms with van der Waals surface area (Å²) in [5.41, 5.74) is 3.40. The van der Waals surface area contributed by atoms with Crippen molar-refractivity contribution in [3.63, 3.8) is 0 Å². The fourth-order valence-electron chi connectivity index (χ4n) is 3.19. The normalized spacial score (nSPS) is 10.7. The van der Waals surface area contributed by atoms with Gasteiger partial charge >= 0.3 is 0 Å². The Balaban J connectivity index is 1.66. The van der Waals surface area contributed by atoms with Crippen LogP contribution in [0.1, 0.15) is 16.7 Å². The zero-order valence-electron chi connectivity index (χ0n) is 15.4. The lowest BCUT2D eigenvalue weighted by Gasteiger charge is -2.16. The molecule has 0 unspecified atom stereocenters. The zero-order chi connectivity index (χ0) is 18.5. The molecular weight excluding hydrogens is 332 g/mol. The molecule has 0 aromatic heterocycles. The Morgan fingerprint density at radius 2 is 1.22 bits per heavy atom. The lowest BCUT2D eigenvalue weighted by Crippen LogP contribution is -2.00. The summed E-state index contributed by atoms with van der Waals surface area (Å²) in [5, 5.41) is 2.15. The van der Waals surface area contributed by atoms with Crippen molar-refractivity contribution in [3.8, 4) is 11.5 Å².